The molecule has 2 nitrogen and oxygen atoms in total. The third kappa shape index (κ3) is 6.39. The first-order chi connectivity index (χ1) is 6.78. The predicted molar refractivity (Wildman–Crippen MR) is 62.6 cm³/mol. The molecule has 1 atom stereocenters. The maximum atomic E-state index is 5.13. The second-order valence-electron chi connectivity index (χ2n) is 3.95. The van der Waals surface area contributed by atoms with E-state index in [1.807, 2.05) is 0 Å². The van der Waals surface area contributed by atoms with Crippen LogP contribution in [-0.2, 0) is 4.74 Å². The third-order valence-electron chi connectivity index (χ3n) is 2.94. The van der Waals surface area contributed by atoms with Gasteiger partial charge in [-0.05, 0) is 25.3 Å². The Morgan fingerprint density at radius 3 is 2.21 bits per heavy atom. The van der Waals surface area contributed by atoms with E-state index in [2.05, 4.69) is 26.1 Å². The summed E-state index contributed by atoms with van der Waals surface area (Å²) in [7, 11) is 1.78. The molecule has 0 radical (unpaired) electrons. The van der Waals surface area contributed by atoms with Crippen LogP contribution < -0.4 is 5.32 Å². The molecule has 0 aliphatic rings. The minimum atomic E-state index is 0.643. The summed E-state index contributed by atoms with van der Waals surface area (Å²) in [4.78, 5) is 0. The molecule has 0 spiro atoms. The molecular weight excluding hydrogens is 174 g/mol. The molecule has 86 valence electrons. The van der Waals surface area contributed by atoms with Crippen LogP contribution in [0.4, 0.5) is 0 Å². The van der Waals surface area contributed by atoms with Gasteiger partial charge in [0, 0.05) is 19.8 Å². The summed E-state index contributed by atoms with van der Waals surface area (Å²) in [5.74, 6) is 0.871. The lowest BCUT2D eigenvalue weighted by Crippen LogP contribution is -2.32. The highest BCUT2D eigenvalue weighted by atomic mass is 16.5. The summed E-state index contributed by atoms with van der Waals surface area (Å²) < 4.78 is 5.13. The van der Waals surface area contributed by atoms with Crippen molar-refractivity contribution in [3.05, 3.63) is 0 Å². The quantitative estimate of drug-likeness (QED) is 0.619. The molecule has 0 saturated carbocycles. The number of hydrogen-bond donors (Lipinski definition) is 1. The maximum Gasteiger partial charge on any atom is 0.0477 e. The maximum absolute atomic E-state index is 5.13. The van der Waals surface area contributed by atoms with Crippen LogP contribution in [0.3, 0.4) is 0 Å². The van der Waals surface area contributed by atoms with Crippen LogP contribution in [-0.4, -0.2) is 26.3 Å². The van der Waals surface area contributed by atoms with E-state index in [1.165, 1.54) is 19.3 Å². The van der Waals surface area contributed by atoms with Gasteiger partial charge in [-0.3, -0.25) is 0 Å². The molecule has 0 aromatic carbocycles. The van der Waals surface area contributed by atoms with Gasteiger partial charge in [-0.1, -0.05) is 33.6 Å². The summed E-state index contributed by atoms with van der Waals surface area (Å²) in [6.07, 6.45) is 5.03. The van der Waals surface area contributed by atoms with Crippen LogP contribution in [0.15, 0.2) is 0 Å². The van der Waals surface area contributed by atoms with Crippen molar-refractivity contribution in [3.8, 4) is 0 Å². The minimum absolute atomic E-state index is 0.643. The molecule has 0 aliphatic heterocycles. The van der Waals surface area contributed by atoms with Crippen molar-refractivity contribution in [2.24, 2.45) is 5.92 Å². The molecule has 0 aromatic heterocycles. The molecule has 14 heavy (non-hydrogen) atoms. The Kier molecular flexibility index (Phi) is 9.42. The normalized spacial score (nSPS) is 13.5. The Hall–Kier alpha value is -0.0800. The van der Waals surface area contributed by atoms with Gasteiger partial charge >= 0.3 is 0 Å². The summed E-state index contributed by atoms with van der Waals surface area (Å²) in [5.41, 5.74) is 0. The van der Waals surface area contributed by atoms with E-state index in [1.54, 1.807) is 7.11 Å². The highest BCUT2D eigenvalue weighted by Crippen LogP contribution is 2.16. The molecular formula is C12H27NO. The van der Waals surface area contributed by atoms with Crippen molar-refractivity contribution in [1.82, 2.24) is 5.32 Å². The van der Waals surface area contributed by atoms with Crippen LogP contribution in [0.1, 0.15) is 46.5 Å². The van der Waals surface area contributed by atoms with E-state index < -0.39 is 0 Å². The lowest BCUT2D eigenvalue weighted by molar-refractivity contribution is 0.176. The van der Waals surface area contributed by atoms with Crippen molar-refractivity contribution < 1.29 is 4.74 Å². The minimum Gasteiger partial charge on any atom is -0.385 e. The topological polar surface area (TPSA) is 21.3 Å². The highest BCUT2D eigenvalue weighted by molar-refractivity contribution is 4.70. The summed E-state index contributed by atoms with van der Waals surface area (Å²) >= 11 is 0. The Morgan fingerprint density at radius 2 is 1.79 bits per heavy atom. The molecule has 0 saturated heterocycles. The zero-order chi connectivity index (χ0) is 10.8. The fourth-order valence-electron chi connectivity index (χ4n) is 1.88. The van der Waals surface area contributed by atoms with Crippen molar-refractivity contribution in [3.63, 3.8) is 0 Å². The first-order valence-electron chi connectivity index (χ1n) is 6.00. The average molecular weight is 201 g/mol. The van der Waals surface area contributed by atoms with E-state index in [9.17, 15) is 0 Å². The number of methoxy groups -OCH3 is 1. The first-order valence-corrected chi connectivity index (χ1v) is 6.00. The van der Waals surface area contributed by atoms with E-state index in [0.29, 0.717) is 6.04 Å². The molecule has 2 heteroatoms. The lowest BCUT2D eigenvalue weighted by atomic mass is 9.93. The molecule has 0 aromatic rings. The zero-order valence-corrected chi connectivity index (χ0v) is 10.3. The summed E-state index contributed by atoms with van der Waals surface area (Å²) in [5, 5.41) is 3.54. The van der Waals surface area contributed by atoms with Gasteiger partial charge in [0.15, 0.2) is 0 Å². The molecule has 1 N–H and O–H groups in total. The van der Waals surface area contributed by atoms with Crippen molar-refractivity contribution in [1.29, 1.82) is 0 Å². The van der Waals surface area contributed by atoms with E-state index in [4.69, 9.17) is 4.74 Å². The fraction of sp³-hybridized carbons (Fsp3) is 1.00. The molecule has 0 heterocycles. The monoisotopic (exact) mass is 201 g/mol. The van der Waals surface area contributed by atoms with Crippen LogP contribution in [0.5, 0.6) is 0 Å². The van der Waals surface area contributed by atoms with Crippen LogP contribution in [0.25, 0.3) is 0 Å². The Labute approximate surface area is 89.4 Å². The Morgan fingerprint density at radius 1 is 1.14 bits per heavy atom. The fourth-order valence-corrected chi connectivity index (χ4v) is 1.88. The van der Waals surface area contributed by atoms with Gasteiger partial charge in [-0.25, -0.2) is 0 Å². The van der Waals surface area contributed by atoms with Gasteiger partial charge in [0.05, 0.1) is 0 Å². The highest BCUT2D eigenvalue weighted by Gasteiger charge is 2.12. The average Bonchev–Trinajstić information content (AvgIpc) is 2.22. The standard InChI is InChI=1S/C12H27NO/c1-5-11(6-2)10-12(13-7-3)8-9-14-4/h11-13H,5-10H2,1-4H3. The summed E-state index contributed by atoms with van der Waals surface area (Å²) in [6, 6.07) is 0.643. The van der Waals surface area contributed by atoms with Gasteiger partial charge in [-0.15, -0.1) is 0 Å². The molecule has 1 unspecified atom stereocenters. The van der Waals surface area contributed by atoms with E-state index in [0.717, 1.165) is 25.5 Å². The van der Waals surface area contributed by atoms with Gasteiger partial charge in [-0.2, -0.15) is 0 Å². The zero-order valence-electron chi connectivity index (χ0n) is 10.3. The van der Waals surface area contributed by atoms with Crippen LogP contribution in [0, 0.1) is 5.92 Å². The first kappa shape index (κ1) is 13.9. The van der Waals surface area contributed by atoms with Crippen molar-refractivity contribution >= 4 is 0 Å². The second-order valence-corrected chi connectivity index (χ2v) is 3.95. The molecule has 0 bridgehead atoms. The van der Waals surface area contributed by atoms with E-state index in [-0.39, 0.29) is 0 Å². The number of nitrogens with one attached hydrogen (secondary N) is 1. The third-order valence-corrected chi connectivity index (χ3v) is 2.94. The van der Waals surface area contributed by atoms with Gasteiger partial charge < -0.3 is 10.1 Å². The smallest absolute Gasteiger partial charge is 0.0477 e. The number of rotatable bonds is 9. The van der Waals surface area contributed by atoms with Gasteiger partial charge in [0.2, 0.25) is 0 Å². The van der Waals surface area contributed by atoms with Crippen LogP contribution >= 0.6 is 0 Å². The van der Waals surface area contributed by atoms with Crippen molar-refractivity contribution in [2.45, 2.75) is 52.5 Å². The number of hydrogen-bond acceptors (Lipinski definition) is 2. The largest absolute Gasteiger partial charge is 0.385 e. The molecule has 0 fully saturated rings. The Balaban J connectivity index is 3.80. The molecule has 0 amide bonds. The van der Waals surface area contributed by atoms with Crippen molar-refractivity contribution in [2.75, 3.05) is 20.3 Å². The lowest BCUT2D eigenvalue weighted by Gasteiger charge is -2.22. The van der Waals surface area contributed by atoms with Gasteiger partial charge in [0.25, 0.3) is 0 Å². The van der Waals surface area contributed by atoms with Crippen LogP contribution in [0.2, 0.25) is 0 Å². The Bertz CT molecular complexity index is 113. The van der Waals surface area contributed by atoms with Gasteiger partial charge in [0.1, 0.15) is 0 Å². The SMILES string of the molecule is CCNC(CCOC)CC(CC)CC. The predicted octanol–water partition coefficient (Wildman–Crippen LogP) is 2.83. The molecule has 0 aliphatic carbocycles. The number of ether oxygens (including phenoxy) is 1. The second kappa shape index (κ2) is 9.47. The molecule has 0 rings (SSSR count). The van der Waals surface area contributed by atoms with E-state index >= 15 is 0 Å². The summed E-state index contributed by atoms with van der Waals surface area (Å²) in [6.45, 7) is 8.68.